The minimum atomic E-state index is 0.324. The second-order valence-corrected chi connectivity index (χ2v) is 5.96. The van der Waals surface area contributed by atoms with Gasteiger partial charge in [-0.05, 0) is 37.7 Å². The van der Waals surface area contributed by atoms with Gasteiger partial charge in [0.15, 0.2) is 0 Å². The molecular formula is C12H15N3S. The van der Waals surface area contributed by atoms with E-state index in [9.17, 15) is 0 Å². The monoisotopic (exact) mass is 233 g/mol. The van der Waals surface area contributed by atoms with Gasteiger partial charge in [-0.15, -0.1) is 0 Å². The first-order valence-corrected chi connectivity index (χ1v) is 6.45. The van der Waals surface area contributed by atoms with E-state index in [-0.39, 0.29) is 0 Å². The fourth-order valence-corrected chi connectivity index (χ4v) is 3.09. The average molecular weight is 233 g/mol. The molecule has 1 fully saturated rings. The Labute approximate surface area is 100 Å². The minimum Gasteiger partial charge on any atom is -0.369 e. The lowest BCUT2D eigenvalue weighted by Crippen LogP contribution is -2.27. The number of hydrogen-bond acceptors (Lipinski definition) is 4. The van der Waals surface area contributed by atoms with E-state index < -0.39 is 0 Å². The number of nitriles is 1. The molecule has 0 amide bonds. The lowest BCUT2D eigenvalue weighted by molar-refractivity contribution is 0.634. The number of hydrogen-bond donors (Lipinski definition) is 1. The summed E-state index contributed by atoms with van der Waals surface area (Å²) in [5, 5.41) is 12.1. The zero-order valence-electron chi connectivity index (χ0n) is 9.36. The van der Waals surface area contributed by atoms with Gasteiger partial charge in [-0.2, -0.15) is 17.0 Å². The summed E-state index contributed by atoms with van der Waals surface area (Å²) in [6.07, 6.45) is 2.55. The van der Waals surface area contributed by atoms with Gasteiger partial charge in [0, 0.05) is 11.3 Å². The van der Waals surface area contributed by atoms with Crippen LogP contribution < -0.4 is 5.32 Å². The molecule has 1 aliphatic rings. The van der Waals surface area contributed by atoms with Gasteiger partial charge in [0.1, 0.15) is 17.6 Å². The van der Waals surface area contributed by atoms with Crippen LogP contribution in [0.4, 0.5) is 5.82 Å². The smallest absolute Gasteiger partial charge is 0.142 e. The van der Waals surface area contributed by atoms with Gasteiger partial charge < -0.3 is 5.32 Å². The van der Waals surface area contributed by atoms with Crippen LogP contribution in [0.3, 0.4) is 0 Å². The van der Waals surface area contributed by atoms with Crippen LogP contribution in [0.1, 0.15) is 25.5 Å². The summed E-state index contributed by atoms with van der Waals surface area (Å²) in [5.74, 6) is 2.05. The van der Waals surface area contributed by atoms with Gasteiger partial charge in [0.25, 0.3) is 0 Å². The maximum absolute atomic E-state index is 8.75. The molecular weight excluding hydrogens is 218 g/mol. The summed E-state index contributed by atoms with van der Waals surface area (Å²) in [7, 11) is 0. The number of nitrogens with one attached hydrogen (secondary N) is 1. The predicted molar refractivity (Wildman–Crippen MR) is 67.5 cm³/mol. The van der Waals surface area contributed by atoms with Crippen LogP contribution in [0.15, 0.2) is 18.2 Å². The predicted octanol–water partition coefficient (Wildman–Crippen LogP) is 2.65. The van der Waals surface area contributed by atoms with Crippen LogP contribution in [0.5, 0.6) is 0 Å². The molecule has 4 heteroatoms. The van der Waals surface area contributed by atoms with E-state index >= 15 is 0 Å². The Kier molecular flexibility index (Phi) is 3.35. The van der Waals surface area contributed by atoms with Gasteiger partial charge in [-0.1, -0.05) is 6.07 Å². The Morgan fingerprint density at radius 2 is 2.50 bits per heavy atom. The van der Waals surface area contributed by atoms with E-state index in [2.05, 4.69) is 17.2 Å². The summed E-state index contributed by atoms with van der Waals surface area (Å²) in [5.41, 5.74) is 0.467. The molecule has 0 spiro atoms. The topological polar surface area (TPSA) is 48.7 Å². The van der Waals surface area contributed by atoms with E-state index in [0.29, 0.717) is 10.4 Å². The first-order chi connectivity index (χ1) is 7.72. The fourth-order valence-electron chi connectivity index (χ4n) is 1.85. The Hall–Kier alpha value is -1.21. The molecule has 1 aromatic rings. The first kappa shape index (κ1) is 11.3. The quantitative estimate of drug-likeness (QED) is 0.872. The number of pyridine rings is 1. The molecule has 1 atom stereocenters. The largest absolute Gasteiger partial charge is 0.369 e. The van der Waals surface area contributed by atoms with Crippen LogP contribution in [-0.2, 0) is 0 Å². The molecule has 0 saturated carbocycles. The molecule has 0 aromatic carbocycles. The van der Waals surface area contributed by atoms with Gasteiger partial charge in [-0.3, -0.25) is 0 Å². The molecule has 1 saturated heterocycles. The van der Waals surface area contributed by atoms with Crippen LogP contribution in [0.2, 0.25) is 0 Å². The van der Waals surface area contributed by atoms with E-state index in [4.69, 9.17) is 5.26 Å². The van der Waals surface area contributed by atoms with Crippen LogP contribution >= 0.6 is 11.8 Å². The highest BCUT2D eigenvalue weighted by Gasteiger charge is 2.29. The second-order valence-electron chi connectivity index (χ2n) is 4.28. The number of rotatable bonds is 3. The summed E-state index contributed by atoms with van der Waals surface area (Å²) >= 11 is 2.02. The van der Waals surface area contributed by atoms with Crippen molar-refractivity contribution in [3.8, 4) is 6.07 Å². The Morgan fingerprint density at radius 1 is 1.62 bits per heavy atom. The van der Waals surface area contributed by atoms with Crippen molar-refractivity contribution < 1.29 is 0 Å². The Morgan fingerprint density at radius 3 is 3.19 bits per heavy atom. The molecule has 2 heterocycles. The molecule has 2 rings (SSSR count). The Bertz CT molecular complexity index is 405. The van der Waals surface area contributed by atoms with Crippen molar-refractivity contribution >= 4 is 17.6 Å². The summed E-state index contributed by atoms with van der Waals surface area (Å²) < 4.78 is 0.324. The normalized spacial score (nSPS) is 24.0. The molecule has 1 N–H and O–H groups in total. The van der Waals surface area contributed by atoms with Crippen molar-refractivity contribution in [2.45, 2.75) is 24.5 Å². The maximum atomic E-state index is 8.75. The zero-order valence-corrected chi connectivity index (χ0v) is 10.2. The molecule has 16 heavy (non-hydrogen) atoms. The molecule has 1 aliphatic heterocycles. The third-order valence-electron chi connectivity index (χ3n) is 2.81. The minimum absolute atomic E-state index is 0.324. The van der Waals surface area contributed by atoms with Gasteiger partial charge >= 0.3 is 0 Å². The van der Waals surface area contributed by atoms with Crippen molar-refractivity contribution in [3.05, 3.63) is 23.9 Å². The van der Waals surface area contributed by atoms with Crippen molar-refractivity contribution in [3.63, 3.8) is 0 Å². The maximum Gasteiger partial charge on any atom is 0.142 e. The average Bonchev–Trinajstić information content (AvgIpc) is 2.75. The lowest BCUT2D eigenvalue weighted by atomic mass is 10.1. The second kappa shape index (κ2) is 4.75. The van der Waals surface area contributed by atoms with E-state index in [1.54, 1.807) is 6.07 Å². The van der Waals surface area contributed by atoms with Crippen LogP contribution in [-0.4, -0.2) is 22.0 Å². The van der Waals surface area contributed by atoms with Crippen LogP contribution in [0, 0.1) is 11.3 Å². The van der Waals surface area contributed by atoms with Gasteiger partial charge in [0.2, 0.25) is 0 Å². The molecule has 0 aliphatic carbocycles. The van der Waals surface area contributed by atoms with E-state index in [0.717, 1.165) is 12.4 Å². The standard InChI is InChI=1S/C12H15N3S/c1-12(6-3-7-16-12)9-14-11-5-2-4-10(8-13)15-11/h2,4-5H,3,6-7,9H2,1H3,(H,14,15). The van der Waals surface area contributed by atoms with E-state index in [1.807, 2.05) is 30.0 Å². The number of thioether (sulfide) groups is 1. The molecule has 0 radical (unpaired) electrons. The zero-order chi connectivity index (χ0) is 11.4. The number of nitrogens with zero attached hydrogens (tertiary/aromatic N) is 2. The molecule has 0 bridgehead atoms. The highest BCUT2D eigenvalue weighted by Crippen LogP contribution is 2.37. The number of aromatic nitrogens is 1. The van der Waals surface area contributed by atoms with Crippen molar-refractivity contribution in [2.24, 2.45) is 0 Å². The third-order valence-corrected chi connectivity index (χ3v) is 4.35. The van der Waals surface area contributed by atoms with Crippen LogP contribution in [0.25, 0.3) is 0 Å². The molecule has 1 aromatic heterocycles. The van der Waals surface area contributed by atoms with E-state index in [1.165, 1.54) is 18.6 Å². The third kappa shape index (κ3) is 2.67. The SMILES string of the molecule is CC1(CNc2cccc(C#N)n2)CCCS1. The summed E-state index contributed by atoms with van der Waals surface area (Å²) in [6, 6.07) is 7.53. The Balaban J connectivity index is 1.96. The molecule has 84 valence electrons. The highest BCUT2D eigenvalue weighted by atomic mass is 32.2. The number of anilines is 1. The fraction of sp³-hybridized carbons (Fsp3) is 0.500. The highest BCUT2D eigenvalue weighted by molar-refractivity contribution is 8.00. The molecule has 1 unspecified atom stereocenters. The van der Waals surface area contributed by atoms with Crippen molar-refractivity contribution in [1.82, 2.24) is 4.98 Å². The van der Waals surface area contributed by atoms with Gasteiger partial charge in [-0.25, -0.2) is 4.98 Å². The molecule has 3 nitrogen and oxygen atoms in total. The van der Waals surface area contributed by atoms with Crippen molar-refractivity contribution in [2.75, 3.05) is 17.6 Å². The van der Waals surface area contributed by atoms with Crippen molar-refractivity contribution in [1.29, 1.82) is 5.26 Å². The summed E-state index contributed by atoms with van der Waals surface area (Å²) in [4.78, 5) is 4.20. The van der Waals surface area contributed by atoms with Gasteiger partial charge in [0.05, 0.1) is 0 Å². The summed E-state index contributed by atoms with van der Waals surface area (Å²) in [6.45, 7) is 3.20. The first-order valence-electron chi connectivity index (χ1n) is 5.47. The lowest BCUT2D eigenvalue weighted by Gasteiger charge is -2.23.